The first kappa shape index (κ1) is 29.9. The maximum Gasteiger partial charge on any atom is 0.389 e. The summed E-state index contributed by atoms with van der Waals surface area (Å²) in [6.45, 7) is 3.72. The lowest BCUT2D eigenvalue weighted by Crippen LogP contribution is -2.37. The van der Waals surface area contributed by atoms with Gasteiger partial charge in [-0.25, -0.2) is 18.3 Å². The molecule has 3 aromatic rings. The lowest BCUT2D eigenvalue weighted by Gasteiger charge is -2.33. The zero-order valence-corrected chi connectivity index (χ0v) is 23.3. The minimum atomic E-state index is -4.43. The highest BCUT2D eigenvalue weighted by molar-refractivity contribution is 5.95. The van der Waals surface area contributed by atoms with E-state index in [1.807, 2.05) is 13.8 Å². The third-order valence-corrected chi connectivity index (χ3v) is 7.97. The van der Waals surface area contributed by atoms with E-state index < -0.39 is 48.8 Å². The Kier molecular flexibility index (Phi) is 8.26. The van der Waals surface area contributed by atoms with Gasteiger partial charge in [-0.2, -0.15) is 18.3 Å². The molecule has 14 heteroatoms. The van der Waals surface area contributed by atoms with Crippen molar-refractivity contribution in [2.75, 3.05) is 0 Å². The van der Waals surface area contributed by atoms with Gasteiger partial charge in [0.1, 0.15) is 5.56 Å². The molecule has 3 aromatic heterocycles. The molecule has 2 aliphatic carbocycles. The van der Waals surface area contributed by atoms with Crippen LogP contribution in [0.1, 0.15) is 111 Å². The van der Waals surface area contributed by atoms with Crippen molar-refractivity contribution in [2.45, 2.75) is 95.3 Å². The largest absolute Gasteiger partial charge is 0.389 e. The number of nitrogens with one attached hydrogen (secondary N) is 2. The van der Waals surface area contributed by atoms with E-state index in [9.17, 15) is 31.5 Å². The minimum Gasteiger partial charge on any atom is -0.360 e. The molecule has 2 fully saturated rings. The van der Waals surface area contributed by atoms with E-state index in [0.29, 0.717) is 22.7 Å². The summed E-state index contributed by atoms with van der Waals surface area (Å²) in [5.74, 6) is -3.84. The summed E-state index contributed by atoms with van der Waals surface area (Å²) in [6.07, 6.45) is -0.422. The van der Waals surface area contributed by atoms with Crippen molar-refractivity contribution in [3.05, 3.63) is 47.2 Å². The number of alkyl halides is 5. The average Bonchev–Trinajstić information content (AvgIpc) is 3.47. The standard InChI is InChI=1S/C28H33F5N6O3/c1-15(2)25-19(13-35-42-25)26(41)38-24(17-5-8-27(29,30)9-6-17)20-14-39-21(36-20)11-18(12-34-39)23(16-3-4-16)37-22(40)7-10-28(31,32)33/h11-17,23-24H,3-10H2,1-2H3,(H,37,40)(H,38,41)/t23?,24-/m0/s1. The molecule has 2 amide bonds. The zero-order valence-electron chi connectivity index (χ0n) is 23.3. The van der Waals surface area contributed by atoms with E-state index in [4.69, 9.17) is 4.52 Å². The maximum atomic E-state index is 14.0. The van der Waals surface area contributed by atoms with E-state index >= 15 is 0 Å². The van der Waals surface area contributed by atoms with Gasteiger partial charge in [-0.05, 0) is 49.1 Å². The molecule has 1 unspecified atom stereocenters. The summed E-state index contributed by atoms with van der Waals surface area (Å²) in [5.41, 5.74) is 1.69. The van der Waals surface area contributed by atoms with E-state index in [-0.39, 0.29) is 49.0 Å². The molecule has 0 bridgehead atoms. The van der Waals surface area contributed by atoms with Crippen LogP contribution in [-0.4, -0.2) is 43.7 Å². The molecule has 2 saturated carbocycles. The van der Waals surface area contributed by atoms with Gasteiger partial charge in [-0.15, -0.1) is 0 Å². The Morgan fingerprint density at radius 3 is 2.40 bits per heavy atom. The molecule has 9 nitrogen and oxygen atoms in total. The van der Waals surface area contributed by atoms with Gasteiger partial charge in [0, 0.05) is 25.2 Å². The second-order valence-electron chi connectivity index (χ2n) is 11.7. The molecule has 3 heterocycles. The summed E-state index contributed by atoms with van der Waals surface area (Å²) in [5, 5.41) is 13.8. The fourth-order valence-electron chi connectivity index (χ4n) is 5.52. The number of halogens is 5. The van der Waals surface area contributed by atoms with Gasteiger partial charge in [-0.1, -0.05) is 19.0 Å². The lowest BCUT2D eigenvalue weighted by atomic mass is 9.81. The van der Waals surface area contributed by atoms with Crippen molar-refractivity contribution in [1.82, 2.24) is 30.4 Å². The Balaban J connectivity index is 1.40. The van der Waals surface area contributed by atoms with Gasteiger partial charge in [0.05, 0.1) is 42.8 Å². The van der Waals surface area contributed by atoms with Gasteiger partial charge in [0.15, 0.2) is 11.4 Å². The van der Waals surface area contributed by atoms with Crippen molar-refractivity contribution in [1.29, 1.82) is 0 Å². The van der Waals surface area contributed by atoms with Crippen LogP contribution in [0.4, 0.5) is 22.0 Å². The lowest BCUT2D eigenvalue weighted by molar-refractivity contribution is -0.144. The smallest absolute Gasteiger partial charge is 0.360 e. The second kappa shape index (κ2) is 11.6. The van der Waals surface area contributed by atoms with E-state index in [1.165, 1.54) is 16.9 Å². The van der Waals surface area contributed by atoms with Crippen LogP contribution in [0.5, 0.6) is 0 Å². The van der Waals surface area contributed by atoms with E-state index in [2.05, 4.69) is 25.9 Å². The van der Waals surface area contributed by atoms with Crippen molar-refractivity contribution < 1.29 is 36.1 Å². The molecule has 42 heavy (non-hydrogen) atoms. The van der Waals surface area contributed by atoms with Gasteiger partial charge in [0.2, 0.25) is 11.8 Å². The molecule has 0 aromatic carbocycles. The topological polar surface area (TPSA) is 114 Å². The molecule has 5 rings (SSSR count). The summed E-state index contributed by atoms with van der Waals surface area (Å²) < 4.78 is 72.6. The number of imidazole rings is 1. The van der Waals surface area contributed by atoms with Crippen LogP contribution in [0.25, 0.3) is 5.65 Å². The third-order valence-electron chi connectivity index (χ3n) is 7.97. The highest BCUT2D eigenvalue weighted by Gasteiger charge is 2.40. The van der Waals surface area contributed by atoms with Crippen LogP contribution in [-0.2, 0) is 4.79 Å². The maximum absolute atomic E-state index is 14.0. The fraction of sp³-hybridized carbons (Fsp3) is 0.607. The number of hydrogen-bond acceptors (Lipinski definition) is 6. The molecule has 228 valence electrons. The predicted octanol–water partition coefficient (Wildman–Crippen LogP) is 6.05. The second-order valence-corrected chi connectivity index (χ2v) is 11.7. The van der Waals surface area contributed by atoms with Crippen molar-refractivity contribution in [3.8, 4) is 0 Å². The van der Waals surface area contributed by atoms with Gasteiger partial charge < -0.3 is 15.2 Å². The van der Waals surface area contributed by atoms with Crippen molar-refractivity contribution in [3.63, 3.8) is 0 Å². The summed E-state index contributed by atoms with van der Waals surface area (Å²) >= 11 is 0. The monoisotopic (exact) mass is 596 g/mol. The summed E-state index contributed by atoms with van der Waals surface area (Å²) in [4.78, 5) is 30.3. The number of aromatic nitrogens is 4. The first-order valence-corrected chi connectivity index (χ1v) is 14.1. The first-order chi connectivity index (χ1) is 19.8. The summed E-state index contributed by atoms with van der Waals surface area (Å²) in [6, 6.07) is 0.492. The molecular formula is C28H33F5N6O3. The molecule has 2 N–H and O–H groups in total. The third kappa shape index (κ3) is 7.06. The highest BCUT2D eigenvalue weighted by atomic mass is 19.4. The quantitative estimate of drug-likeness (QED) is 0.276. The predicted molar refractivity (Wildman–Crippen MR) is 140 cm³/mol. The number of amides is 2. The van der Waals surface area contributed by atoms with Crippen LogP contribution < -0.4 is 10.6 Å². The molecule has 2 aliphatic rings. The van der Waals surface area contributed by atoms with Crippen LogP contribution in [0.2, 0.25) is 0 Å². The van der Waals surface area contributed by atoms with Crippen molar-refractivity contribution in [2.24, 2.45) is 11.8 Å². The van der Waals surface area contributed by atoms with Gasteiger partial charge >= 0.3 is 6.18 Å². The van der Waals surface area contributed by atoms with Crippen LogP contribution in [0, 0.1) is 11.8 Å². The Bertz CT molecular complexity index is 1420. The number of fused-ring (bicyclic) bond motifs is 1. The number of hydrogen-bond donors (Lipinski definition) is 2. The molecule has 0 radical (unpaired) electrons. The number of carbonyl (C=O) groups is 2. The highest BCUT2D eigenvalue weighted by Crippen LogP contribution is 2.43. The molecule has 0 saturated heterocycles. The molecule has 0 spiro atoms. The van der Waals surface area contributed by atoms with Gasteiger partial charge in [0.25, 0.3) is 5.91 Å². The van der Waals surface area contributed by atoms with Crippen LogP contribution in [0.15, 0.2) is 29.2 Å². The van der Waals surface area contributed by atoms with E-state index in [1.54, 1.807) is 12.3 Å². The van der Waals surface area contributed by atoms with Crippen LogP contribution in [0.3, 0.4) is 0 Å². The number of carbonyl (C=O) groups excluding carboxylic acids is 2. The SMILES string of the molecule is CC(C)c1oncc1C(=O)N[C@H](c1cn2ncc(C(NC(=O)CCC(F)(F)F)C3CC3)cc2n1)C1CCC(F)(F)CC1. The van der Waals surface area contributed by atoms with Gasteiger partial charge in [-0.3, -0.25) is 9.59 Å². The number of nitrogens with zero attached hydrogens (tertiary/aromatic N) is 4. The Morgan fingerprint density at radius 2 is 1.76 bits per heavy atom. The van der Waals surface area contributed by atoms with Crippen LogP contribution >= 0.6 is 0 Å². The van der Waals surface area contributed by atoms with Crippen molar-refractivity contribution >= 4 is 17.5 Å². The average molecular weight is 597 g/mol. The molecular weight excluding hydrogens is 563 g/mol. The number of rotatable bonds is 10. The fourth-order valence-corrected chi connectivity index (χ4v) is 5.52. The first-order valence-electron chi connectivity index (χ1n) is 14.1. The Morgan fingerprint density at radius 1 is 1.07 bits per heavy atom. The van der Waals surface area contributed by atoms with E-state index in [0.717, 1.165) is 12.8 Å². The minimum absolute atomic E-state index is 0.0770. The molecule has 2 atom stereocenters. The molecule has 0 aliphatic heterocycles. The normalized spacial score (nSPS) is 19.1. The zero-order chi connectivity index (χ0) is 30.2. The Labute approximate surface area is 238 Å². The summed E-state index contributed by atoms with van der Waals surface area (Å²) in [7, 11) is 0. The Hall–Kier alpha value is -3.58.